The van der Waals surface area contributed by atoms with Crippen LogP contribution in [0.3, 0.4) is 0 Å². The van der Waals surface area contributed by atoms with Gasteiger partial charge in [-0.1, -0.05) is 12.1 Å². The predicted octanol–water partition coefficient (Wildman–Crippen LogP) is 3.59. The lowest BCUT2D eigenvalue weighted by atomic mass is 9.98. The fourth-order valence-corrected chi connectivity index (χ4v) is 4.10. The summed E-state index contributed by atoms with van der Waals surface area (Å²) in [7, 11) is 0. The van der Waals surface area contributed by atoms with Crippen LogP contribution in [0.15, 0.2) is 53.2 Å². The summed E-state index contributed by atoms with van der Waals surface area (Å²) in [5, 5.41) is 18.1. The highest BCUT2D eigenvalue weighted by Crippen LogP contribution is 2.35. The molecule has 2 N–H and O–H groups in total. The van der Waals surface area contributed by atoms with Crippen LogP contribution in [-0.4, -0.2) is 56.6 Å². The van der Waals surface area contributed by atoms with Gasteiger partial charge in [-0.15, -0.1) is 10.2 Å². The second-order valence-electron chi connectivity index (χ2n) is 7.49. The Bertz CT molecular complexity index is 1330. The van der Waals surface area contributed by atoms with Gasteiger partial charge < -0.3 is 14.1 Å². The van der Waals surface area contributed by atoms with E-state index >= 15 is 0 Å². The van der Waals surface area contributed by atoms with E-state index in [1.807, 2.05) is 6.20 Å². The van der Waals surface area contributed by atoms with Crippen molar-refractivity contribution in [3.63, 3.8) is 0 Å². The number of nitrogens with one attached hydrogen (secondary N) is 2. The lowest BCUT2D eigenvalue weighted by Gasteiger charge is -2.24. The zero-order valence-electron chi connectivity index (χ0n) is 16.3. The minimum absolute atomic E-state index is 0.507. The van der Waals surface area contributed by atoms with Crippen molar-refractivity contribution in [2.45, 2.75) is 6.54 Å². The number of H-pyrrole nitrogens is 2. The maximum absolute atomic E-state index is 6.06. The number of morpholine rings is 1. The summed E-state index contributed by atoms with van der Waals surface area (Å²) in [5.41, 5.74) is 5.12. The van der Waals surface area contributed by atoms with E-state index in [1.54, 1.807) is 6.20 Å². The molecule has 0 amide bonds. The second kappa shape index (κ2) is 7.08. The molecule has 0 atom stereocenters. The van der Waals surface area contributed by atoms with E-state index in [0.717, 1.165) is 59.4 Å². The molecule has 2 aromatic carbocycles. The molecule has 1 fully saturated rings. The quantitative estimate of drug-likeness (QED) is 0.479. The van der Waals surface area contributed by atoms with Crippen LogP contribution in [0.5, 0.6) is 0 Å². The summed E-state index contributed by atoms with van der Waals surface area (Å²) >= 11 is 0. The van der Waals surface area contributed by atoms with Crippen LogP contribution in [0, 0.1) is 0 Å². The number of ether oxygens (including phenoxy) is 1. The molecule has 1 aliphatic heterocycles. The van der Waals surface area contributed by atoms with Gasteiger partial charge in [0.15, 0.2) is 0 Å². The fraction of sp³-hybridized carbons (Fsp3) is 0.227. The lowest BCUT2D eigenvalue weighted by molar-refractivity contribution is 0.0306. The van der Waals surface area contributed by atoms with Crippen LogP contribution in [-0.2, 0) is 11.3 Å². The zero-order chi connectivity index (χ0) is 19.9. The van der Waals surface area contributed by atoms with Gasteiger partial charge in [-0.3, -0.25) is 10.00 Å². The third-order valence-corrected chi connectivity index (χ3v) is 5.62. The summed E-state index contributed by atoms with van der Waals surface area (Å²) in [5.74, 6) is 1.12. The predicted molar refractivity (Wildman–Crippen MR) is 113 cm³/mol. The third-order valence-electron chi connectivity index (χ3n) is 5.62. The standard InChI is InChI=1S/C22H20N6O2/c1-2-15(16-4-5-23-19(16)3-1)14-10-17(18-12-24-25-20(18)11-14)22-27-26-21(30-22)13-28-6-8-29-9-7-28/h1-5,10-12,23H,6-9,13H2,(H,24,25). The Labute approximate surface area is 171 Å². The van der Waals surface area contributed by atoms with Gasteiger partial charge >= 0.3 is 0 Å². The van der Waals surface area contributed by atoms with Crippen LogP contribution < -0.4 is 0 Å². The molecule has 30 heavy (non-hydrogen) atoms. The number of nitrogens with zero attached hydrogens (tertiary/aromatic N) is 4. The summed E-state index contributed by atoms with van der Waals surface area (Å²) in [6.07, 6.45) is 3.76. The van der Waals surface area contributed by atoms with E-state index in [9.17, 15) is 0 Å². The molecule has 1 aliphatic rings. The van der Waals surface area contributed by atoms with Crippen LogP contribution in [0.1, 0.15) is 5.89 Å². The van der Waals surface area contributed by atoms with Crippen molar-refractivity contribution in [3.8, 4) is 22.6 Å². The van der Waals surface area contributed by atoms with Crippen molar-refractivity contribution in [2.75, 3.05) is 26.3 Å². The molecule has 1 saturated heterocycles. The first-order chi connectivity index (χ1) is 14.8. The number of fused-ring (bicyclic) bond motifs is 2. The molecule has 150 valence electrons. The first kappa shape index (κ1) is 17.4. The molecule has 0 unspecified atom stereocenters. The summed E-state index contributed by atoms with van der Waals surface area (Å²) in [6, 6.07) is 12.6. The first-order valence-electron chi connectivity index (χ1n) is 10.0. The summed E-state index contributed by atoms with van der Waals surface area (Å²) < 4.78 is 11.5. The average Bonchev–Trinajstić information content (AvgIpc) is 3.53. The molecule has 0 aliphatic carbocycles. The van der Waals surface area contributed by atoms with Crippen LogP contribution in [0.25, 0.3) is 44.4 Å². The van der Waals surface area contributed by atoms with Gasteiger partial charge in [0.05, 0.1) is 37.0 Å². The highest BCUT2D eigenvalue weighted by molar-refractivity contribution is 6.01. The van der Waals surface area contributed by atoms with Crippen molar-refractivity contribution >= 4 is 21.8 Å². The van der Waals surface area contributed by atoms with Gasteiger partial charge in [0.1, 0.15) is 0 Å². The normalized spacial score (nSPS) is 15.3. The molecule has 8 nitrogen and oxygen atoms in total. The number of rotatable bonds is 4. The monoisotopic (exact) mass is 400 g/mol. The van der Waals surface area contributed by atoms with Gasteiger partial charge in [0, 0.05) is 35.6 Å². The topological polar surface area (TPSA) is 95.9 Å². The molecule has 8 heteroatoms. The molecule has 0 saturated carbocycles. The molecule has 0 spiro atoms. The summed E-state index contributed by atoms with van der Waals surface area (Å²) in [4.78, 5) is 5.54. The lowest BCUT2D eigenvalue weighted by Crippen LogP contribution is -2.35. The maximum Gasteiger partial charge on any atom is 0.248 e. The Hall–Kier alpha value is -3.49. The van der Waals surface area contributed by atoms with Gasteiger partial charge in [-0.2, -0.15) is 5.10 Å². The second-order valence-corrected chi connectivity index (χ2v) is 7.49. The summed E-state index contributed by atoms with van der Waals surface area (Å²) in [6.45, 7) is 3.86. The Morgan fingerprint density at radius 2 is 1.90 bits per heavy atom. The Kier molecular flexibility index (Phi) is 4.10. The number of hydrogen-bond donors (Lipinski definition) is 2. The van der Waals surface area contributed by atoms with E-state index in [1.165, 1.54) is 5.39 Å². The smallest absolute Gasteiger partial charge is 0.248 e. The van der Waals surface area contributed by atoms with Gasteiger partial charge in [0.25, 0.3) is 0 Å². The van der Waals surface area contributed by atoms with Crippen molar-refractivity contribution in [2.24, 2.45) is 0 Å². The Balaban J connectivity index is 1.43. The van der Waals surface area contributed by atoms with Crippen molar-refractivity contribution in [3.05, 3.63) is 54.7 Å². The molecule has 0 radical (unpaired) electrons. The molecular formula is C22H20N6O2. The largest absolute Gasteiger partial charge is 0.419 e. The highest BCUT2D eigenvalue weighted by atomic mass is 16.5. The number of benzene rings is 2. The van der Waals surface area contributed by atoms with Crippen LogP contribution >= 0.6 is 0 Å². The number of hydrogen-bond acceptors (Lipinski definition) is 6. The molecule has 5 aromatic rings. The van der Waals surface area contributed by atoms with Crippen molar-refractivity contribution < 1.29 is 9.15 Å². The fourth-order valence-electron chi connectivity index (χ4n) is 4.10. The van der Waals surface area contributed by atoms with E-state index in [4.69, 9.17) is 9.15 Å². The van der Waals surface area contributed by atoms with Gasteiger partial charge in [0.2, 0.25) is 11.8 Å². The van der Waals surface area contributed by atoms with Crippen LogP contribution in [0.2, 0.25) is 0 Å². The molecule has 0 bridgehead atoms. The highest BCUT2D eigenvalue weighted by Gasteiger charge is 2.18. The molecule has 4 heterocycles. The van der Waals surface area contributed by atoms with Gasteiger partial charge in [-0.05, 0) is 35.4 Å². The van der Waals surface area contributed by atoms with Gasteiger partial charge in [-0.25, -0.2) is 0 Å². The third kappa shape index (κ3) is 2.97. The average molecular weight is 400 g/mol. The Morgan fingerprint density at radius 3 is 2.83 bits per heavy atom. The van der Waals surface area contributed by atoms with Crippen molar-refractivity contribution in [1.82, 2.24) is 30.3 Å². The minimum Gasteiger partial charge on any atom is -0.419 e. The molecule has 6 rings (SSSR count). The zero-order valence-corrected chi connectivity index (χ0v) is 16.3. The van der Waals surface area contributed by atoms with Crippen LogP contribution in [0.4, 0.5) is 0 Å². The number of aromatic amines is 2. The SMILES string of the molecule is c1cc(-c2cc(-c3nnc(CN4CCOCC4)o3)c3cn[nH]c3c2)c2cc[nH]c2c1. The number of aromatic nitrogens is 5. The van der Waals surface area contributed by atoms with E-state index in [2.05, 4.69) is 66.7 Å². The first-order valence-corrected chi connectivity index (χ1v) is 10.0. The maximum atomic E-state index is 6.06. The van der Waals surface area contributed by atoms with E-state index < -0.39 is 0 Å². The van der Waals surface area contributed by atoms with Crippen molar-refractivity contribution in [1.29, 1.82) is 0 Å². The molecular weight excluding hydrogens is 380 g/mol. The minimum atomic E-state index is 0.507. The van der Waals surface area contributed by atoms with E-state index in [-0.39, 0.29) is 0 Å². The Morgan fingerprint density at radius 1 is 0.967 bits per heavy atom. The molecule has 3 aromatic heterocycles. The van der Waals surface area contributed by atoms with E-state index in [0.29, 0.717) is 18.3 Å².